The maximum Gasteiger partial charge on any atom is 0.320 e. The van der Waals surface area contributed by atoms with Crippen molar-refractivity contribution in [3.05, 3.63) is 54.4 Å². The Balaban J connectivity index is 1.47. The number of fused-ring (bicyclic) bond motifs is 2. The van der Waals surface area contributed by atoms with E-state index in [0.717, 1.165) is 4.57 Å². The predicted octanol–water partition coefficient (Wildman–Crippen LogP) is 3.88. The van der Waals surface area contributed by atoms with Crippen molar-refractivity contribution in [3.63, 3.8) is 0 Å². The molecule has 0 fully saturated rings. The summed E-state index contributed by atoms with van der Waals surface area (Å²) in [5.41, 5.74) is 0.861. The van der Waals surface area contributed by atoms with Crippen LogP contribution in [0, 0.1) is 0 Å². The molecule has 152 valence electrons. The Bertz CT molecular complexity index is 1040. The third-order valence-corrected chi connectivity index (χ3v) is 4.94. The highest BCUT2D eigenvalue weighted by atomic mass is 19.3. The van der Waals surface area contributed by atoms with Crippen molar-refractivity contribution in [2.45, 2.75) is 38.5 Å². The number of para-hydroxylation sites is 4. The van der Waals surface area contributed by atoms with Crippen LogP contribution in [0.3, 0.4) is 0 Å². The first-order valence-corrected chi connectivity index (χ1v) is 9.40. The molecule has 1 N–H and O–H groups in total. The number of carbonyl (C=O) groups excluding carboxylic acids is 1. The van der Waals surface area contributed by atoms with Gasteiger partial charge in [0.1, 0.15) is 11.9 Å². The monoisotopic (exact) mass is 401 g/mol. The van der Waals surface area contributed by atoms with Gasteiger partial charge < -0.3 is 14.8 Å². The normalized spacial score (nSPS) is 19.3. The van der Waals surface area contributed by atoms with Crippen LogP contribution in [-0.2, 0) is 4.79 Å². The molecule has 8 heteroatoms. The summed E-state index contributed by atoms with van der Waals surface area (Å²) in [6.07, 6.45) is -1.31. The fourth-order valence-corrected chi connectivity index (χ4v) is 3.47. The van der Waals surface area contributed by atoms with Gasteiger partial charge in [-0.3, -0.25) is 9.36 Å². The molecule has 0 aliphatic carbocycles. The summed E-state index contributed by atoms with van der Waals surface area (Å²) >= 11 is 0. The zero-order chi connectivity index (χ0) is 20.5. The van der Waals surface area contributed by atoms with Crippen LogP contribution in [0.5, 0.6) is 11.5 Å². The van der Waals surface area contributed by atoms with Crippen molar-refractivity contribution in [1.82, 2.24) is 14.9 Å². The highest BCUT2D eigenvalue weighted by Crippen LogP contribution is 2.33. The van der Waals surface area contributed by atoms with E-state index in [-0.39, 0.29) is 18.3 Å². The van der Waals surface area contributed by atoms with Gasteiger partial charge in [0.25, 0.3) is 5.91 Å². The van der Waals surface area contributed by atoms with Crippen molar-refractivity contribution in [2.75, 3.05) is 6.54 Å². The van der Waals surface area contributed by atoms with E-state index in [2.05, 4.69) is 10.3 Å². The molecule has 0 spiro atoms. The Hall–Kier alpha value is -3.16. The molecule has 0 radical (unpaired) electrons. The summed E-state index contributed by atoms with van der Waals surface area (Å²) in [6.45, 7) is 0.919. The van der Waals surface area contributed by atoms with Gasteiger partial charge in [0.15, 0.2) is 11.5 Å². The molecule has 29 heavy (non-hydrogen) atoms. The SMILES string of the molecule is C[C@H](CNC(=O)[C@@H]1Oc2ccccc2O[C@H]1C)c1nc2ccccc2n1C(F)F. The molecule has 4 rings (SSSR count). The van der Waals surface area contributed by atoms with Gasteiger partial charge in [-0.1, -0.05) is 31.2 Å². The highest BCUT2D eigenvalue weighted by molar-refractivity contribution is 5.82. The van der Waals surface area contributed by atoms with Crippen LogP contribution >= 0.6 is 0 Å². The van der Waals surface area contributed by atoms with Crippen molar-refractivity contribution in [3.8, 4) is 11.5 Å². The first-order chi connectivity index (χ1) is 14.0. The molecule has 3 atom stereocenters. The second-order valence-electron chi connectivity index (χ2n) is 7.06. The quantitative estimate of drug-likeness (QED) is 0.705. The van der Waals surface area contributed by atoms with E-state index in [0.29, 0.717) is 22.5 Å². The molecule has 1 aliphatic heterocycles. The summed E-state index contributed by atoms with van der Waals surface area (Å²) in [5.74, 6) is 0.521. The molecule has 0 bridgehead atoms. The van der Waals surface area contributed by atoms with Gasteiger partial charge in [-0.25, -0.2) is 4.98 Å². The van der Waals surface area contributed by atoms with E-state index in [1.54, 1.807) is 56.3 Å². The van der Waals surface area contributed by atoms with Gasteiger partial charge in [-0.15, -0.1) is 0 Å². The third-order valence-electron chi connectivity index (χ3n) is 4.94. The highest BCUT2D eigenvalue weighted by Gasteiger charge is 2.34. The largest absolute Gasteiger partial charge is 0.482 e. The maximum atomic E-state index is 13.6. The van der Waals surface area contributed by atoms with Crippen LogP contribution in [0.2, 0.25) is 0 Å². The summed E-state index contributed by atoms with van der Waals surface area (Å²) in [7, 11) is 0. The molecule has 2 aromatic carbocycles. The van der Waals surface area contributed by atoms with Gasteiger partial charge in [0.05, 0.1) is 11.0 Å². The van der Waals surface area contributed by atoms with E-state index in [4.69, 9.17) is 9.47 Å². The molecular weight excluding hydrogens is 380 g/mol. The van der Waals surface area contributed by atoms with Crippen LogP contribution < -0.4 is 14.8 Å². The number of amides is 1. The van der Waals surface area contributed by atoms with Crippen LogP contribution in [0.4, 0.5) is 8.78 Å². The minimum atomic E-state index is -2.72. The Morgan fingerprint density at radius 1 is 1.14 bits per heavy atom. The molecule has 3 aromatic rings. The standard InChI is InChI=1S/C21H21F2N3O3/c1-12(19-25-14-7-3-4-8-15(14)26(19)21(22)23)11-24-20(27)18-13(2)28-16-9-5-6-10-17(16)29-18/h3-10,12-13,18,21H,11H2,1-2H3,(H,24,27)/t12-,13+,18-/m1/s1. The fourth-order valence-electron chi connectivity index (χ4n) is 3.47. The number of hydrogen-bond donors (Lipinski definition) is 1. The lowest BCUT2D eigenvalue weighted by Crippen LogP contribution is -2.49. The number of imidazole rings is 1. The van der Waals surface area contributed by atoms with Crippen LogP contribution in [-0.4, -0.2) is 34.2 Å². The second-order valence-corrected chi connectivity index (χ2v) is 7.06. The first kappa shape index (κ1) is 19.2. The molecule has 1 amide bonds. The third kappa shape index (κ3) is 3.62. The molecule has 0 saturated carbocycles. The summed E-state index contributed by atoms with van der Waals surface area (Å²) < 4.78 is 39.7. The molecule has 0 saturated heterocycles. The van der Waals surface area contributed by atoms with Crippen molar-refractivity contribution in [1.29, 1.82) is 0 Å². The molecule has 1 aliphatic rings. The summed E-state index contributed by atoms with van der Waals surface area (Å²) in [6, 6.07) is 13.9. The smallest absolute Gasteiger partial charge is 0.320 e. The lowest BCUT2D eigenvalue weighted by atomic mass is 10.1. The van der Waals surface area contributed by atoms with E-state index in [1.807, 2.05) is 6.07 Å². The number of carbonyl (C=O) groups is 1. The summed E-state index contributed by atoms with van der Waals surface area (Å²) in [4.78, 5) is 17.0. The average molecular weight is 401 g/mol. The predicted molar refractivity (Wildman–Crippen MR) is 103 cm³/mol. The number of ether oxygens (including phenoxy) is 2. The van der Waals surface area contributed by atoms with E-state index < -0.39 is 24.7 Å². The van der Waals surface area contributed by atoms with Crippen LogP contribution in [0.15, 0.2) is 48.5 Å². The number of nitrogens with one attached hydrogen (secondary N) is 1. The number of halogens is 2. The number of alkyl halides is 2. The van der Waals surface area contributed by atoms with Crippen LogP contribution in [0.25, 0.3) is 11.0 Å². The molecule has 6 nitrogen and oxygen atoms in total. The second kappa shape index (κ2) is 7.69. The maximum absolute atomic E-state index is 13.6. The summed E-state index contributed by atoms with van der Waals surface area (Å²) in [5, 5.41) is 2.78. The number of nitrogens with zero attached hydrogens (tertiary/aromatic N) is 2. The van der Waals surface area contributed by atoms with E-state index >= 15 is 0 Å². The number of benzene rings is 2. The minimum absolute atomic E-state index is 0.142. The fraction of sp³-hybridized carbons (Fsp3) is 0.333. The van der Waals surface area contributed by atoms with Gasteiger partial charge in [-0.05, 0) is 31.2 Å². The Morgan fingerprint density at radius 3 is 2.52 bits per heavy atom. The van der Waals surface area contributed by atoms with Crippen molar-refractivity contribution in [2.24, 2.45) is 0 Å². The lowest BCUT2D eigenvalue weighted by molar-refractivity contribution is -0.133. The molecule has 0 unspecified atom stereocenters. The van der Waals surface area contributed by atoms with Gasteiger partial charge >= 0.3 is 6.55 Å². The van der Waals surface area contributed by atoms with E-state index in [1.165, 1.54) is 0 Å². The van der Waals surface area contributed by atoms with Gasteiger partial charge in [-0.2, -0.15) is 8.78 Å². The topological polar surface area (TPSA) is 65.4 Å². The molecule has 2 heterocycles. The Kier molecular flexibility index (Phi) is 5.08. The average Bonchev–Trinajstić information content (AvgIpc) is 3.11. The van der Waals surface area contributed by atoms with E-state index in [9.17, 15) is 13.6 Å². The zero-order valence-corrected chi connectivity index (χ0v) is 16.0. The van der Waals surface area contributed by atoms with Crippen molar-refractivity contribution < 1.29 is 23.0 Å². The number of rotatable bonds is 5. The Labute approximate surface area is 166 Å². The minimum Gasteiger partial charge on any atom is -0.482 e. The molecular formula is C21H21F2N3O3. The van der Waals surface area contributed by atoms with Gasteiger partial charge in [0.2, 0.25) is 6.10 Å². The van der Waals surface area contributed by atoms with Crippen molar-refractivity contribution >= 4 is 16.9 Å². The Morgan fingerprint density at radius 2 is 1.79 bits per heavy atom. The van der Waals surface area contributed by atoms with Gasteiger partial charge in [0, 0.05) is 12.5 Å². The first-order valence-electron chi connectivity index (χ1n) is 9.40. The zero-order valence-electron chi connectivity index (χ0n) is 16.0. The van der Waals surface area contributed by atoms with Crippen LogP contribution in [0.1, 0.15) is 32.1 Å². The number of aromatic nitrogens is 2. The molecule has 1 aromatic heterocycles. The number of hydrogen-bond acceptors (Lipinski definition) is 4. The lowest BCUT2D eigenvalue weighted by Gasteiger charge is -2.31.